The number of hydrogen-bond acceptors (Lipinski definition) is 2. The molecular formula is C19H19FN2O2. The third kappa shape index (κ3) is 3.45. The Labute approximate surface area is 140 Å². The highest BCUT2D eigenvalue weighted by Gasteiger charge is 2.35. The zero-order chi connectivity index (χ0) is 17.3. The van der Waals surface area contributed by atoms with Crippen LogP contribution in [0.2, 0.25) is 0 Å². The van der Waals surface area contributed by atoms with Crippen LogP contribution in [0, 0.1) is 25.6 Å². The SMILES string of the molecule is Cc1cc(C)cc(N2C[C@H](C(=O)Nc3ccc(F)cc3)CC2=O)c1. The van der Waals surface area contributed by atoms with Crippen LogP contribution in [-0.2, 0) is 9.59 Å². The van der Waals surface area contributed by atoms with Crippen LogP contribution in [0.15, 0.2) is 42.5 Å². The van der Waals surface area contributed by atoms with Crippen molar-refractivity contribution < 1.29 is 14.0 Å². The average molecular weight is 326 g/mol. The first-order valence-corrected chi connectivity index (χ1v) is 7.87. The minimum atomic E-state index is -0.414. The van der Waals surface area contributed by atoms with Gasteiger partial charge in [0, 0.05) is 24.3 Å². The number of halogens is 1. The Balaban J connectivity index is 1.71. The first kappa shape index (κ1) is 16.2. The normalized spacial score (nSPS) is 17.2. The van der Waals surface area contributed by atoms with Gasteiger partial charge in [0.15, 0.2) is 0 Å². The van der Waals surface area contributed by atoms with Crippen molar-refractivity contribution in [3.8, 4) is 0 Å². The van der Waals surface area contributed by atoms with E-state index in [1.54, 1.807) is 4.90 Å². The fraction of sp³-hybridized carbons (Fsp3) is 0.263. The molecule has 0 spiro atoms. The molecule has 4 nitrogen and oxygen atoms in total. The lowest BCUT2D eigenvalue weighted by Crippen LogP contribution is -2.28. The van der Waals surface area contributed by atoms with Crippen LogP contribution < -0.4 is 10.2 Å². The van der Waals surface area contributed by atoms with Gasteiger partial charge in [-0.1, -0.05) is 6.07 Å². The summed E-state index contributed by atoms with van der Waals surface area (Å²) in [6, 6.07) is 11.5. The van der Waals surface area contributed by atoms with E-state index in [4.69, 9.17) is 0 Å². The van der Waals surface area contributed by atoms with Crippen molar-refractivity contribution in [2.75, 3.05) is 16.8 Å². The summed E-state index contributed by atoms with van der Waals surface area (Å²) in [5.41, 5.74) is 3.52. The number of anilines is 2. The molecule has 1 fully saturated rings. The molecule has 124 valence electrons. The molecule has 1 saturated heterocycles. The molecule has 3 rings (SSSR count). The lowest BCUT2D eigenvalue weighted by molar-refractivity contribution is -0.122. The lowest BCUT2D eigenvalue weighted by Gasteiger charge is -2.18. The molecule has 24 heavy (non-hydrogen) atoms. The van der Waals surface area contributed by atoms with Gasteiger partial charge >= 0.3 is 0 Å². The minimum Gasteiger partial charge on any atom is -0.326 e. The predicted molar refractivity (Wildman–Crippen MR) is 91.4 cm³/mol. The summed E-state index contributed by atoms with van der Waals surface area (Å²) in [6.07, 6.45) is 0.181. The number of hydrogen-bond donors (Lipinski definition) is 1. The summed E-state index contributed by atoms with van der Waals surface area (Å²) in [4.78, 5) is 26.3. The molecule has 2 amide bonds. The van der Waals surface area contributed by atoms with Crippen molar-refractivity contribution in [3.05, 3.63) is 59.4 Å². The first-order chi connectivity index (χ1) is 11.4. The molecule has 1 N–H and O–H groups in total. The Bertz CT molecular complexity index is 766. The van der Waals surface area contributed by atoms with Crippen molar-refractivity contribution in [2.45, 2.75) is 20.3 Å². The summed E-state index contributed by atoms with van der Waals surface area (Å²) < 4.78 is 12.9. The number of rotatable bonds is 3. The number of carbonyl (C=O) groups excluding carboxylic acids is 2. The van der Waals surface area contributed by atoms with Gasteiger partial charge in [-0.3, -0.25) is 9.59 Å². The highest BCUT2D eigenvalue weighted by molar-refractivity contribution is 6.03. The number of benzene rings is 2. The number of nitrogens with one attached hydrogen (secondary N) is 1. The molecule has 5 heteroatoms. The minimum absolute atomic E-state index is 0.0562. The molecule has 2 aromatic carbocycles. The van der Waals surface area contributed by atoms with E-state index in [1.165, 1.54) is 24.3 Å². The van der Waals surface area contributed by atoms with Crippen LogP contribution >= 0.6 is 0 Å². The first-order valence-electron chi connectivity index (χ1n) is 7.87. The predicted octanol–water partition coefficient (Wildman–Crippen LogP) is 3.43. The van der Waals surface area contributed by atoms with E-state index in [1.807, 2.05) is 32.0 Å². The quantitative estimate of drug-likeness (QED) is 0.939. The molecule has 0 aromatic heterocycles. The monoisotopic (exact) mass is 326 g/mol. The topological polar surface area (TPSA) is 49.4 Å². The Kier molecular flexibility index (Phi) is 4.34. The van der Waals surface area contributed by atoms with Crippen LogP contribution in [0.3, 0.4) is 0 Å². The van der Waals surface area contributed by atoms with Crippen molar-refractivity contribution in [3.63, 3.8) is 0 Å². The number of nitrogens with zero attached hydrogens (tertiary/aromatic N) is 1. The number of amides is 2. The van der Waals surface area contributed by atoms with Crippen LogP contribution in [-0.4, -0.2) is 18.4 Å². The molecule has 0 radical (unpaired) electrons. The van der Waals surface area contributed by atoms with Crippen LogP contribution in [0.1, 0.15) is 17.5 Å². The maximum absolute atomic E-state index is 12.9. The third-order valence-corrected chi connectivity index (χ3v) is 4.13. The molecule has 1 aliphatic rings. The lowest BCUT2D eigenvalue weighted by atomic mass is 10.1. The Hall–Kier alpha value is -2.69. The van der Waals surface area contributed by atoms with E-state index in [0.29, 0.717) is 12.2 Å². The van der Waals surface area contributed by atoms with Crippen molar-refractivity contribution in [2.24, 2.45) is 5.92 Å². The van der Waals surface area contributed by atoms with Gasteiger partial charge in [-0.25, -0.2) is 4.39 Å². The second kappa shape index (κ2) is 6.43. The highest BCUT2D eigenvalue weighted by Crippen LogP contribution is 2.27. The summed E-state index contributed by atoms with van der Waals surface area (Å²) in [6.45, 7) is 4.32. The van der Waals surface area contributed by atoms with Gasteiger partial charge in [0.1, 0.15) is 5.82 Å². The summed E-state index contributed by atoms with van der Waals surface area (Å²) in [7, 11) is 0. The van der Waals surface area contributed by atoms with Crippen LogP contribution in [0.4, 0.5) is 15.8 Å². The average Bonchev–Trinajstić information content (AvgIpc) is 2.91. The van der Waals surface area contributed by atoms with E-state index < -0.39 is 5.92 Å². The molecule has 1 heterocycles. The second-order valence-corrected chi connectivity index (χ2v) is 6.25. The Morgan fingerprint density at radius 2 is 1.75 bits per heavy atom. The van der Waals surface area contributed by atoms with Crippen molar-refractivity contribution >= 4 is 23.2 Å². The maximum Gasteiger partial charge on any atom is 0.229 e. The highest BCUT2D eigenvalue weighted by atomic mass is 19.1. The summed E-state index contributed by atoms with van der Waals surface area (Å²) in [5.74, 6) is -1.05. The van der Waals surface area contributed by atoms with Gasteiger partial charge in [-0.05, 0) is 61.4 Å². The third-order valence-electron chi connectivity index (χ3n) is 4.13. The van der Waals surface area contributed by atoms with E-state index in [0.717, 1.165) is 16.8 Å². The molecular weight excluding hydrogens is 307 g/mol. The fourth-order valence-electron chi connectivity index (χ4n) is 3.02. The molecule has 0 bridgehead atoms. The Morgan fingerprint density at radius 3 is 2.38 bits per heavy atom. The van der Waals surface area contributed by atoms with E-state index in [9.17, 15) is 14.0 Å². The van der Waals surface area contributed by atoms with Gasteiger partial charge in [-0.2, -0.15) is 0 Å². The molecule has 1 atom stereocenters. The largest absolute Gasteiger partial charge is 0.326 e. The Morgan fingerprint density at radius 1 is 1.12 bits per heavy atom. The second-order valence-electron chi connectivity index (χ2n) is 6.25. The summed E-state index contributed by atoms with van der Waals surface area (Å²) >= 11 is 0. The van der Waals surface area contributed by atoms with E-state index in [2.05, 4.69) is 5.32 Å². The molecule has 2 aromatic rings. The standard InChI is InChI=1S/C19H19FN2O2/c1-12-7-13(2)9-17(8-12)22-11-14(10-18(22)23)19(24)21-16-5-3-15(20)4-6-16/h3-9,14H,10-11H2,1-2H3,(H,21,24)/t14-/m1/s1. The smallest absolute Gasteiger partial charge is 0.229 e. The summed E-state index contributed by atoms with van der Waals surface area (Å²) in [5, 5.41) is 2.74. The van der Waals surface area contributed by atoms with Gasteiger partial charge in [0.05, 0.1) is 5.92 Å². The van der Waals surface area contributed by atoms with Gasteiger partial charge in [0.2, 0.25) is 11.8 Å². The van der Waals surface area contributed by atoms with Gasteiger partial charge in [-0.15, -0.1) is 0 Å². The molecule has 0 unspecified atom stereocenters. The van der Waals surface area contributed by atoms with E-state index >= 15 is 0 Å². The molecule has 0 aliphatic carbocycles. The van der Waals surface area contributed by atoms with E-state index in [-0.39, 0.29) is 24.1 Å². The molecule has 1 aliphatic heterocycles. The van der Waals surface area contributed by atoms with Crippen molar-refractivity contribution in [1.82, 2.24) is 0 Å². The van der Waals surface area contributed by atoms with Crippen LogP contribution in [0.5, 0.6) is 0 Å². The maximum atomic E-state index is 12.9. The van der Waals surface area contributed by atoms with Crippen molar-refractivity contribution in [1.29, 1.82) is 0 Å². The van der Waals surface area contributed by atoms with Gasteiger partial charge in [0.25, 0.3) is 0 Å². The number of aryl methyl sites for hydroxylation is 2. The fourth-order valence-corrected chi connectivity index (χ4v) is 3.02. The van der Waals surface area contributed by atoms with Crippen LogP contribution in [0.25, 0.3) is 0 Å². The van der Waals surface area contributed by atoms with Gasteiger partial charge < -0.3 is 10.2 Å². The zero-order valence-electron chi connectivity index (χ0n) is 13.7. The molecule has 0 saturated carbocycles. The zero-order valence-corrected chi connectivity index (χ0v) is 13.7. The number of carbonyl (C=O) groups is 2.